The molecule has 2 aliphatic heterocycles. The molecule has 2 saturated heterocycles. The van der Waals surface area contributed by atoms with Gasteiger partial charge < -0.3 is 31.1 Å². The predicted octanol–water partition coefficient (Wildman–Crippen LogP) is 12.0. The number of hydrogen-bond acceptors (Lipinski definition) is 6. The molecule has 2 saturated carbocycles. The third-order valence-electron chi connectivity index (χ3n) is 17.3. The van der Waals surface area contributed by atoms with Crippen LogP contribution in [-0.4, -0.2) is 96.6 Å². The maximum atomic E-state index is 14.2. The van der Waals surface area contributed by atoms with Crippen LogP contribution >= 0.6 is 0 Å². The Bertz CT molecular complexity index is 2190. The molecule has 12 heteroatoms. The van der Waals surface area contributed by atoms with Crippen molar-refractivity contribution in [2.75, 3.05) is 39.3 Å². The van der Waals surface area contributed by atoms with Gasteiger partial charge in [-0.3, -0.25) is 28.8 Å². The van der Waals surface area contributed by atoms with Crippen LogP contribution in [0.2, 0.25) is 0 Å². The third-order valence-corrected chi connectivity index (χ3v) is 17.3. The number of amides is 6. The Balaban J connectivity index is 0.913. The first-order valence-corrected chi connectivity index (χ1v) is 31.1. The number of hydrogen-bond donors (Lipinski definition) is 4. The summed E-state index contributed by atoms with van der Waals surface area (Å²) >= 11 is 0. The van der Waals surface area contributed by atoms with Gasteiger partial charge in [-0.25, -0.2) is 0 Å². The monoisotopic (exact) mass is 1070 g/mol. The number of nitrogens with zero attached hydrogens (tertiary/aromatic N) is 2. The van der Waals surface area contributed by atoms with Gasteiger partial charge in [0, 0.05) is 74.3 Å². The summed E-state index contributed by atoms with van der Waals surface area (Å²) in [5, 5.41) is 12.7. The lowest BCUT2D eigenvalue weighted by molar-refractivity contribution is -0.133. The van der Waals surface area contributed by atoms with Crippen molar-refractivity contribution in [3.8, 4) is 0 Å². The number of carbonyl (C=O) groups is 6. The molecule has 6 amide bonds. The van der Waals surface area contributed by atoms with Crippen molar-refractivity contribution in [3.05, 3.63) is 107 Å². The van der Waals surface area contributed by atoms with E-state index in [0.29, 0.717) is 24.2 Å². The Morgan fingerprint density at radius 2 is 0.654 bits per heavy atom. The molecule has 0 aromatic heterocycles. The first-order valence-electron chi connectivity index (χ1n) is 31.1. The molecule has 4 aliphatic rings. The summed E-state index contributed by atoms with van der Waals surface area (Å²) in [6, 6.07) is 26.7. The second-order valence-electron chi connectivity index (χ2n) is 23.5. The van der Waals surface area contributed by atoms with Crippen LogP contribution < -0.4 is 21.3 Å². The molecule has 78 heavy (non-hydrogen) atoms. The highest BCUT2D eigenvalue weighted by Gasteiger charge is 2.49. The fraction of sp³-hybridized carbons (Fsp3) is 0.636. The summed E-state index contributed by atoms with van der Waals surface area (Å²) in [6.07, 6.45) is 31.3. The van der Waals surface area contributed by atoms with E-state index in [2.05, 4.69) is 59.4 Å². The molecule has 0 bridgehead atoms. The van der Waals surface area contributed by atoms with Crippen LogP contribution in [0.1, 0.15) is 224 Å². The molecule has 4 N–H and O–H groups in total. The number of nitrogens with one attached hydrogen (secondary N) is 4. The van der Waals surface area contributed by atoms with Gasteiger partial charge in [-0.15, -0.1) is 0 Å². The summed E-state index contributed by atoms with van der Waals surface area (Å²) < 4.78 is 0. The van der Waals surface area contributed by atoms with E-state index in [9.17, 15) is 28.8 Å². The number of unbranched alkanes of at least 4 members (excludes halogenated alkanes) is 22. The van der Waals surface area contributed by atoms with Crippen molar-refractivity contribution in [1.29, 1.82) is 0 Å². The molecule has 12 nitrogen and oxygen atoms in total. The second-order valence-corrected chi connectivity index (χ2v) is 23.5. The molecule has 0 radical (unpaired) electrons. The molecule has 0 spiro atoms. The maximum absolute atomic E-state index is 14.2. The van der Waals surface area contributed by atoms with E-state index in [1.807, 2.05) is 36.4 Å². The van der Waals surface area contributed by atoms with Crippen molar-refractivity contribution >= 4 is 35.4 Å². The van der Waals surface area contributed by atoms with Gasteiger partial charge in [0.1, 0.15) is 0 Å². The van der Waals surface area contributed by atoms with Crippen LogP contribution in [0.25, 0.3) is 0 Å². The minimum atomic E-state index is -0.722. The standard InChI is InChI=1S/C66H96N6O6/c1-3-5-7-9-11-13-15-17-19-21-23-31-41-67-61(73)55-45-71(46-56(55)62(74)68-42-32-24-22-20-18-16-14-12-10-8-6-4-2)65(77)51-37-39-52(40-38-51)66(78)72-47-57(63(75)69-59-43-53(59)49-33-27-25-28-34-49)58(48-72)64(76)70-60-44-54(60)50-35-29-26-30-36-50/h25-30,33-40,53-60H,3-24,31-32,41-48H2,1-2H3,(H,67,73)(H,68,74)(H,69,75)(H,70,76)/t53-,54-,55-,56-,57-,58-,59+,60+/m1/s1. The first-order chi connectivity index (χ1) is 38.2. The van der Waals surface area contributed by atoms with E-state index in [-0.39, 0.29) is 85.5 Å². The highest BCUT2D eigenvalue weighted by Crippen LogP contribution is 2.43. The van der Waals surface area contributed by atoms with Crippen molar-refractivity contribution in [1.82, 2.24) is 31.1 Å². The second kappa shape index (κ2) is 32.5. The van der Waals surface area contributed by atoms with Crippen LogP contribution in [0.4, 0.5) is 0 Å². The largest absolute Gasteiger partial charge is 0.356 e. The van der Waals surface area contributed by atoms with Gasteiger partial charge in [0.2, 0.25) is 23.6 Å². The lowest BCUT2D eigenvalue weighted by Crippen LogP contribution is -2.43. The Labute approximate surface area is 468 Å². The highest BCUT2D eigenvalue weighted by atomic mass is 16.2. The molecule has 0 unspecified atom stereocenters. The maximum Gasteiger partial charge on any atom is 0.253 e. The van der Waals surface area contributed by atoms with Gasteiger partial charge in [0.05, 0.1) is 23.7 Å². The van der Waals surface area contributed by atoms with Crippen molar-refractivity contribution in [2.45, 2.75) is 205 Å². The van der Waals surface area contributed by atoms with E-state index < -0.39 is 23.7 Å². The van der Waals surface area contributed by atoms with Gasteiger partial charge in [-0.2, -0.15) is 0 Å². The summed E-state index contributed by atoms with van der Waals surface area (Å²) in [4.78, 5) is 87.5. The Morgan fingerprint density at radius 1 is 0.372 bits per heavy atom. The lowest BCUT2D eigenvalue weighted by Gasteiger charge is -2.18. The molecule has 3 aromatic rings. The van der Waals surface area contributed by atoms with Crippen LogP contribution in [0.3, 0.4) is 0 Å². The van der Waals surface area contributed by atoms with Crippen LogP contribution in [0, 0.1) is 23.7 Å². The predicted molar refractivity (Wildman–Crippen MR) is 312 cm³/mol. The Kier molecular flexibility index (Phi) is 25.1. The van der Waals surface area contributed by atoms with Crippen molar-refractivity contribution < 1.29 is 28.8 Å². The number of carbonyl (C=O) groups excluding carboxylic acids is 6. The average Bonchev–Trinajstić information content (AvgIpc) is 4.31. The highest BCUT2D eigenvalue weighted by molar-refractivity contribution is 6.00. The quantitative estimate of drug-likeness (QED) is 0.0425. The molecule has 3 aromatic carbocycles. The number of likely N-dealkylation sites (tertiary alicyclic amines) is 2. The smallest absolute Gasteiger partial charge is 0.253 e. The molecular weight excluding hydrogens is 973 g/mol. The molecule has 7 rings (SSSR count). The van der Waals surface area contributed by atoms with Gasteiger partial charge >= 0.3 is 0 Å². The molecule has 426 valence electrons. The minimum absolute atomic E-state index is 0.0256. The summed E-state index contributed by atoms with van der Waals surface area (Å²) in [5.74, 6) is -3.79. The SMILES string of the molecule is CCCCCCCCCCCCCCNC(=O)[C@@H]1CN(C(=O)c2ccc(C(=O)N3C[C@@H](C(=O)N[C@H]4C[C@@H]4c4ccccc4)[C@H](C(=O)N[C@H]4C[C@@H]4c4ccccc4)C3)cc2)C[C@H]1C(=O)NCCCCCCCCCCCCCC. The fourth-order valence-corrected chi connectivity index (χ4v) is 12.2. The van der Waals surface area contributed by atoms with Crippen molar-refractivity contribution in [2.24, 2.45) is 23.7 Å². The van der Waals surface area contributed by atoms with E-state index >= 15 is 0 Å². The zero-order chi connectivity index (χ0) is 54.9. The van der Waals surface area contributed by atoms with E-state index in [0.717, 1.165) is 51.4 Å². The summed E-state index contributed by atoms with van der Waals surface area (Å²) in [5.41, 5.74) is 3.04. The molecule has 8 atom stereocenters. The summed E-state index contributed by atoms with van der Waals surface area (Å²) in [7, 11) is 0. The molecule has 4 fully saturated rings. The van der Waals surface area contributed by atoms with Gasteiger partial charge in [-0.1, -0.05) is 216 Å². The number of benzene rings is 3. The normalized spacial score (nSPS) is 22.2. The number of rotatable bonds is 36. The fourth-order valence-electron chi connectivity index (χ4n) is 12.2. The molecule has 2 heterocycles. The first kappa shape index (κ1) is 60.1. The Morgan fingerprint density at radius 3 is 0.962 bits per heavy atom. The van der Waals surface area contributed by atoms with E-state index in [1.165, 1.54) is 127 Å². The zero-order valence-corrected chi connectivity index (χ0v) is 47.7. The van der Waals surface area contributed by atoms with Crippen LogP contribution in [0.15, 0.2) is 84.9 Å². The van der Waals surface area contributed by atoms with Crippen LogP contribution in [0.5, 0.6) is 0 Å². The molecular formula is C66H96N6O6. The Hall–Kier alpha value is -5.52. The van der Waals surface area contributed by atoms with Gasteiger partial charge in [-0.05, 0) is 61.1 Å². The topological polar surface area (TPSA) is 157 Å². The van der Waals surface area contributed by atoms with Gasteiger partial charge in [0.15, 0.2) is 0 Å². The van der Waals surface area contributed by atoms with Gasteiger partial charge in [0.25, 0.3) is 11.8 Å². The van der Waals surface area contributed by atoms with E-state index in [4.69, 9.17) is 0 Å². The summed E-state index contributed by atoms with van der Waals surface area (Å²) in [6.45, 7) is 6.04. The minimum Gasteiger partial charge on any atom is -0.356 e. The lowest BCUT2D eigenvalue weighted by atomic mass is 9.94. The molecule has 2 aliphatic carbocycles. The average molecular weight is 1070 g/mol. The van der Waals surface area contributed by atoms with E-state index in [1.54, 1.807) is 34.1 Å². The van der Waals surface area contributed by atoms with Crippen LogP contribution in [-0.2, 0) is 19.2 Å². The zero-order valence-electron chi connectivity index (χ0n) is 47.7. The third kappa shape index (κ3) is 18.8. The van der Waals surface area contributed by atoms with Crippen molar-refractivity contribution in [3.63, 3.8) is 0 Å².